The Kier molecular flexibility index (Phi) is 5.94. The molecule has 4 nitrogen and oxygen atoms in total. The first-order valence-electron chi connectivity index (χ1n) is 9.53. The van der Waals surface area contributed by atoms with Crippen molar-refractivity contribution in [2.24, 2.45) is 0 Å². The number of ether oxygens (including phenoxy) is 2. The van der Waals surface area contributed by atoms with E-state index in [4.69, 9.17) is 18.8 Å². The highest BCUT2D eigenvalue weighted by Gasteiger charge is 2.51. The van der Waals surface area contributed by atoms with E-state index >= 15 is 0 Å². The van der Waals surface area contributed by atoms with Crippen LogP contribution >= 0.6 is 0 Å². The average Bonchev–Trinajstić information content (AvgIpc) is 2.87. The quantitative estimate of drug-likeness (QED) is 0.544. The van der Waals surface area contributed by atoms with Crippen LogP contribution in [0.3, 0.4) is 0 Å². The van der Waals surface area contributed by atoms with Crippen molar-refractivity contribution in [2.75, 3.05) is 13.2 Å². The highest BCUT2D eigenvalue weighted by molar-refractivity contribution is 6.62. The molecule has 1 aliphatic heterocycles. The van der Waals surface area contributed by atoms with Gasteiger partial charge in [-0.15, -0.1) is 0 Å². The topological polar surface area (TPSA) is 36.9 Å². The molecule has 0 N–H and O–H groups in total. The molecule has 0 radical (unpaired) electrons. The minimum atomic E-state index is -0.348. The molecule has 0 aliphatic carbocycles. The number of hydrogen-bond acceptors (Lipinski definition) is 4. The minimum Gasteiger partial charge on any atom is -0.491 e. The molecule has 1 fully saturated rings. The highest BCUT2D eigenvalue weighted by atomic mass is 16.7. The van der Waals surface area contributed by atoms with Gasteiger partial charge < -0.3 is 18.8 Å². The van der Waals surface area contributed by atoms with E-state index in [1.165, 1.54) is 5.56 Å². The average molecular weight is 368 g/mol. The number of rotatable bonds is 7. The zero-order valence-corrected chi connectivity index (χ0v) is 16.9. The van der Waals surface area contributed by atoms with Crippen LogP contribution in [0.1, 0.15) is 46.3 Å². The molecule has 1 aliphatic rings. The van der Waals surface area contributed by atoms with Crippen LogP contribution in [0.2, 0.25) is 0 Å². The van der Waals surface area contributed by atoms with E-state index in [1.807, 2.05) is 42.5 Å². The van der Waals surface area contributed by atoms with Crippen LogP contribution in [0.5, 0.6) is 5.75 Å². The second-order valence-electron chi connectivity index (χ2n) is 7.93. The molecule has 0 aromatic heterocycles. The lowest BCUT2D eigenvalue weighted by Gasteiger charge is -2.32. The molecule has 1 unspecified atom stereocenters. The fourth-order valence-electron chi connectivity index (χ4n) is 2.91. The number of hydrogen-bond donors (Lipinski definition) is 0. The Hall–Kier alpha value is -1.82. The lowest BCUT2D eigenvalue weighted by molar-refractivity contribution is 0.00578. The highest BCUT2D eigenvalue weighted by Crippen LogP contribution is 2.36. The lowest BCUT2D eigenvalue weighted by atomic mass is 9.79. The van der Waals surface area contributed by atoms with Gasteiger partial charge in [0.2, 0.25) is 0 Å². The van der Waals surface area contributed by atoms with Crippen molar-refractivity contribution in [3.63, 3.8) is 0 Å². The van der Waals surface area contributed by atoms with Gasteiger partial charge in [-0.05, 0) is 57.8 Å². The summed E-state index contributed by atoms with van der Waals surface area (Å²) in [5.74, 6) is 0.811. The molecule has 0 bridgehead atoms. The molecule has 1 atom stereocenters. The SMILES string of the molecule is CC(OCCOc1ccc(B2OC(C)(C)C(C)(C)O2)cc1)c1ccccc1. The largest absolute Gasteiger partial charge is 0.494 e. The molecular weight excluding hydrogens is 339 g/mol. The van der Waals surface area contributed by atoms with Crippen molar-refractivity contribution in [1.82, 2.24) is 0 Å². The van der Waals surface area contributed by atoms with Gasteiger partial charge in [0.15, 0.2) is 0 Å². The second kappa shape index (κ2) is 8.05. The maximum atomic E-state index is 6.07. The van der Waals surface area contributed by atoms with Crippen molar-refractivity contribution >= 4 is 12.6 Å². The monoisotopic (exact) mass is 368 g/mol. The Morgan fingerprint density at radius 2 is 1.44 bits per heavy atom. The van der Waals surface area contributed by atoms with Gasteiger partial charge in [0.25, 0.3) is 0 Å². The van der Waals surface area contributed by atoms with Crippen LogP contribution in [0.4, 0.5) is 0 Å². The lowest BCUT2D eigenvalue weighted by Crippen LogP contribution is -2.41. The van der Waals surface area contributed by atoms with Gasteiger partial charge in [0, 0.05) is 0 Å². The maximum absolute atomic E-state index is 6.07. The normalized spacial score (nSPS) is 19.1. The van der Waals surface area contributed by atoms with E-state index in [0.717, 1.165) is 11.2 Å². The molecule has 3 rings (SSSR count). The van der Waals surface area contributed by atoms with Gasteiger partial charge in [-0.3, -0.25) is 0 Å². The van der Waals surface area contributed by atoms with E-state index in [-0.39, 0.29) is 24.4 Å². The van der Waals surface area contributed by atoms with Gasteiger partial charge in [-0.2, -0.15) is 0 Å². The summed E-state index contributed by atoms with van der Waals surface area (Å²) in [5, 5.41) is 0. The fourth-order valence-corrected chi connectivity index (χ4v) is 2.91. The zero-order valence-electron chi connectivity index (χ0n) is 16.9. The van der Waals surface area contributed by atoms with Crippen molar-refractivity contribution in [1.29, 1.82) is 0 Å². The summed E-state index contributed by atoms with van der Waals surface area (Å²) in [7, 11) is -0.348. The zero-order chi connectivity index (χ0) is 19.5. The van der Waals surface area contributed by atoms with Gasteiger partial charge in [-0.1, -0.05) is 42.5 Å². The summed E-state index contributed by atoms with van der Waals surface area (Å²) in [6.45, 7) is 11.3. The molecule has 0 saturated carbocycles. The first-order chi connectivity index (χ1) is 12.8. The first kappa shape index (κ1) is 19.9. The van der Waals surface area contributed by atoms with Crippen LogP contribution in [0.15, 0.2) is 54.6 Å². The third-order valence-electron chi connectivity index (χ3n) is 5.39. The van der Waals surface area contributed by atoms with Crippen molar-refractivity contribution in [3.8, 4) is 5.75 Å². The maximum Gasteiger partial charge on any atom is 0.494 e. The number of benzene rings is 2. The smallest absolute Gasteiger partial charge is 0.491 e. The van der Waals surface area contributed by atoms with Crippen LogP contribution in [0, 0.1) is 0 Å². The van der Waals surface area contributed by atoms with Gasteiger partial charge in [0.1, 0.15) is 12.4 Å². The predicted octanol–water partition coefficient (Wildman–Crippen LogP) is 4.14. The molecule has 1 heterocycles. The van der Waals surface area contributed by atoms with Crippen LogP contribution in [0.25, 0.3) is 0 Å². The summed E-state index contributed by atoms with van der Waals surface area (Å²) in [4.78, 5) is 0. The molecule has 0 amide bonds. The fraction of sp³-hybridized carbons (Fsp3) is 0.455. The summed E-state index contributed by atoms with van der Waals surface area (Å²) >= 11 is 0. The Balaban J connectivity index is 1.46. The Morgan fingerprint density at radius 3 is 2.04 bits per heavy atom. The molecule has 27 heavy (non-hydrogen) atoms. The molecule has 144 valence electrons. The molecule has 1 saturated heterocycles. The summed E-state index contributed by atoms with van der Waals surface area (Å²) in [6, 6.07) is 18.1. The van der Waals surface area contributed by atoms with E-state index < -0.39 is 0 Å². The van der Waals surface area contributed by atoms with E-state index in [1.54, 1.807) is 0 Å². The van der Waals surface area contributed by atoms with Crippen LogP contribution in [-0.2, 0) is 14.0 Å². The van der Waals surface area contributed by atoms with Gasteiger partial charge >= 0.3 is 7.12 Å². The Bertz CT molecular complexity index is 712. The second-order valence-corrected chi connectivity index (χ2v) is 7.93. The molecule has 2 aromatic carbocycles. The summed E-state index contributed by atoms with van der Waals surface area (Å²) < 4.78 is 23.8. The Labute approximate surface area is 162 Å². The Morgan fingerprint density at radius 1 is 0.852 bits per heavy atom. The van der Waals surface area contributed by atoms with Gasteiger partial charge in [-0.25, -0.2) is 0 Å². The minimum absolute atomic E-state index is 0.0561. The summed E-state index contributed by atoms with van der Waals surface area (Å²) in [5.41, 5.74) is 1.50. The van der Waals surface area contributed by atoms with E-state index in [0.29, 0.717) is 13.2 Å². The van der Waals surface area contributed by atoms with Crippen molar-refractivity contribution in [3.05, 3.63) is 60.2 Å². The van der Waals surface area contributed by atoms with E-state index in [9.17, 15) is 0 Å². The first-order valence-corrected chi connectivity index (χ1v) is 9.53. The standard InChI is InChI=1S/C22H29BO4/c1-17(18-9-7-6-8-10-18)24-15-16-25-20-13-11-19(12-14-20)23-26-21(2,3)22(4,5)27-23/h6-14,17H,15-16H2,1-5H3. The van der Waals surface area contributed by atoms with E-state index in [2.05, 4.69) is 46.8 Å². The third-order valence-corrected chi connectivity index (χ3v) is 5.39. The molecule has 0 spiro atoms. The molecular formula is C22H29BO4. The molecule has 5 heteroatoms. The molecule has 2 aromatic rings. The van der Waals surface area contributed by atoms with Crippen LogP contribution in [-0.4, -0.2) is 31.5 Å². The third kappa shape index (κ3) is 4.73. The van der Waals surface area contributed by atoms with Crippen molar-refractivity contribution < 1.29 is 18.8 Å². The van der Waals surface area contributed by atoms with Gasteiger partial charge in [0.05, 0.1) is 23.9 Å². The summed E-state index contributed by atoms with van der Waals surface area (Å²) in [6.07, 6.45) is 0.0561. The predicted molar refractivity (Wildman–Crippen MR) is 108 cm³/mol. The van der Waals surface area contributed by atoms with Crippen LogP contribution < -0.4 is 10.2 Å². The van der Waals surface area contributed by atoms with Crippen molar-refractivity contribution in [2.45, 2.75) is 51.9 Å².